The fraction of sp³-hybridized carbons (Fsp3) is 0.688. The molecule has 0 amide bonds. The summed E-state index contributed by atoms with van der Waals surface area (Å²) in [7, 11) is 0. The van der Waals surface area contributed by atoms with Crippen molar-refractivity contribution >= 4 is 0 Å². The van der Waals surface area contributed by atoms with E-state index in [4.69, 9.17) is 0 Å². The fourth-order valence-corrected chi connectivity index (χ4v) is 2.31. The van der Waals surface area contributed by atoms with E-state index in [0.29, 0.717) is 18.0 Å². The van der Waals surface area contributed by atoms with Crippen molar-refractivity contribution in [3.63, 3.8) is 0 Å². The highest BCUT2D eigenvalue weighted by Crippen LogP contribution is 2.13. The third-order valence-corrected chi connectivity index (χ3v) is 3.47. The van der Waals surface area contributed by atoms with E-state index in [1.54, 1.807) is 0 Å². The molecule has 1 aromatic heterocycles. The van der Waals surface area contributed by atoms with Gasteiger partial charge in [-0.25, -0.2) is 0 Å². The van der Waals surface area contributed by atoms with Gasteiger partial charge in [0.1, 0.15) is 0 Å². The van der Waals surface area contributed by atoms with Crippen LogP contribution < -0.4 is 5.32 Å². The maximum absolute atomic E-state index is 4.44. The van der Waals surface area contributed by atoms with Gasteiger partial charge in [-0.2, -0.15) is 0 Å². The van der Waals surface area contributed by atoms with E-state index in [9.17, 15) is 0 Å². The van der Waals surface area contributed by atoms with E-state index in [1.807, 2.05) is 12.3 Å². The van der Waals surface area contributed by atoms with Crippen LogP contribution in [0.1, 0.15) is 40.3 Å². The maximum atomic E-state index is 4.44. The number of nitrogens with one attached hydrogen (secondary N) is 1. The van der Waals surface area contributed by atoms with Crippen LogP contribution in [0.2, 0.25) is 0 Å². The average Bonchev–Trinajstić information content (AvgIpc) is 2.38. The highest BCUT2D eigenvalue weighted by Gasteiger charge is 2.21. The molecule has 0 aromatic carbocycles. The molecular formula is C16H29N3. The summed E-state index contributed by atoms with van der Waals surface area (Å²) >= 11 is 0. The Morgan fingerprint density at radius 3 is 2.42 bits per heavy atom. The van der Waals surface area contributed by atoms with Gasteiger partial charge in [-0.15, -0.1) is 0 Å². The van der Waals surface area contributed by atoms with E-state index in [1.165, 1.54) is 0 Å². The number of likely N-dealkylation sites (N-methyl/N-ethyl adjacent to an activating group) is 1. The van der Waals surface area contributed by atoms with Gasteiger partial charge < -0.3 is 5.32 Å². The Morgan fingerprint density at radius 2 is 1.95 bits per heavy atom. The van der Waals surface area contributed by atoms with Crippen LogP contribution in [0, 0.1) is 5.92 Å². The van der Waals surface area contributed by atoms with Crippen molar-refractivity contribution in [2.24, 2.45) is 5.92 Å². The number of rotatable bonds is 8. The number of pyridine rings is 1. The first-order valence-corrected chi connectivity index (χ1v) is 7.42. The molecule has 19 heavy (non-hydrogen) atoms. The quantitative estimate of drug-likeness (QED) is 0.781. The summed E-state index contributed by atoms with van der Waals surface area (Å²) in [5.41, 5.74) is 1.15. The first-order valence-electron chi connectivity index (χ1n) is 7.42. The molecule has 0 aliphatic heterocycles. The monoisotopic (exact) mass is 263 g/mol. The predicted octanol–water partition coefficient (Wildman–Crippen LogP) is 2.93. The Bertz CT molecular complexity index is 335. The summed E-state index contributed by atoms with van der Waals surface area (Å²) < 4.78 is 0. The van der Waals surface area contributed by atoms with Crippen molar-refractivity contribution in [3.05, 3.63) is 30.1 Å². The topological polar surface area (TPSA) is 28.2 Å². The lowest BCUT2D eigenvalue weighted by Crippen LogP contribution is -2.46. The van der Waals surface area contributed by atoms with E-state index in [2.05, 4.69) is 62.0 Å². The molecule has 1 N–H and O–H groups in total. The molecule has 1 atom stereocenters. The summed E-state index contributed by atoms with van der Waals surface area (Å²) in [6, 6.07) is 7.23. The van der Waals surface area contributed by atoms with Gasteiger partial charge in [0.2, 0.25) is 0 Å². The SMILES string of the molecule is CCN(Cc1ccccn1)C(CNC(C)C)C(C)C. The predicted molar refractivity (Wildman–Crippen MR) is 82.1 cm³/mol. The molecule has 0 fully saturated rings. The van der Waals surface area contributed by atoms with Crippen LogP contribution in [0.5, 0.6) is 0 Å². The van der Waals surface area contributed by atoms with Crippen molar-refractivity contribution in [1.29, 1.82) is 0 Å². The van der Waals surface area contributed by atoms with Gasteiger partial charge in [0.25, 0.3) is 0 Å². The van der Waals surface area contributed by atoms with Gasteiger partial charge in [-0.1, -0.05) is 40.7 Å². The molecule has 1 aromatic rings. The molecule has 0 saturated carbocycles. The van der Waals surface area contributed by atoms with Crippen molar-refractivity contribution in [2.75, 3.05) is 13.1 Å². The molecule has 0 aliphatic carbocycles. The molecule has 1 unspecified atom stereocenters. The largest absolute Gasteiger partial charge is 0.313 e. The molecule has 108 valence electrons. The van der Waals surface area contributed by atoms with Gasteiger partial charge in [0, 0.05) is 31.4 Å². The van der Waals surface area contributed by atoms with Gasteiger partial charge in [0.15, 0.2) is 0 Å². The lowest BCUT2D eigenvalue weighted by atomic mass is 10.0. The van der Waals surface area contributed by atoms with Gasteiger partial charge in [0.05, 0.1) is 5.69 Å². The zero-order valence-electron chi connectivity index (χ0n) is 13.1. The molecule has 0 saturated heterocycles. The minimum absolute atomic E-state index is 0.537. The zero-order chi connectivity index (χ0) is 14.3. The smallest absolute Gasteiger partial charge is 0.0544 e. The Balaban J connectivity index is 2.67. The van der Waals surface area contributed by atoms with Gasteiger partial charge >= 0.3 is 0 Å². The third kappa shape index (κ3) is 5.70. The average molecular weight is 263 g/mol. The minimum Gasteiger partial charge on any atom is -0.313 e. The second kappa shape index (κ2) is 8.28. The van der Waals surface area contributed by atoms with Crippen molar-refractivity contribution in [2.45, 2.75) is 53.2 Å². The summed E-state index contributed by atoms with van der Waals surface area (Å²) in [6.45, 7) is 14.3. The molecule has 3 heteroatoms. The Labute approximate surface area is 118 Å². The van der Waals surface area contributed by atoms with Crippen molar-refractivity contribution in [3.8, 4) is 0 Å². The second-order valence-electron chi connectivity index (χ2n) is 5.76. The molecule has 0 radical (unpaired) electrons. The highest BCUT2D eigenvalue weighted by atomic mass is 15.2. The normalized spacial score (nSPS) is 13.5. The van der Waals surface area contributed by atoms with E-state index in [-0.39, 0.29) is 0 Å². The van der Waals surface area contributed by atoms with Gasteiger partial charge in [-0.05, 0) is 24.6 Å². The Morgan fingerprint density at radius 1 is 1.21 bits per heavy atom. The van der Waals surface area contributed by atoms with E-state index in [0.717, 1.165) is 25.3 Å². The van der Waals surface area contributed by atoms with Crippen molar-refractivity contribution < 1.29 is 0 Å². The molecule has 1 rings (SSSR count). The minimum atomic E-state index is 0.537. The molecule has 0 bridgehead atoms. The standard InChI is InChI=1S/C16H29N3/c1-6-19(12-15-9-7-8-10-17-15)16(13(2)3)11-18-14(4)5/h7-10,13-14,16,18H,6,11-12H2,1-5H3. The summed E-state index contributed by atoms with van der Waals surface area (Å²) in [5, 5.41) is 3.57. The highest BCUT2D eigenvalue weighted by molar-refractivity contribution is 5.03. The first-order chi connectivity index (χ1) is 9.04. The Hall–Kier alpha value is -0.930. The number of nitrogens with zero attached hydrogens (tertiary/aromatic N) is 2. The van der Waals surface area contributed by atoms with Gasteiger partial charge in [-0.3, -0.25) is 9.88 Å². The van der Waals surface area contributed by atoms with Crippen LogP contribution in [0.3, 0.4) is 0 Å². The number of hydrogen-bond donors (Lipinski definition) is 1. The van der Waals surface area contributed by atoms with Crippen molar-refractivity contribution in [1.82, 2.24) is 15.2 Å². The molecule has 3 nitrogen and oxygen atoms in total. The molecular weight excluding hydrogens is 234 g/mol. The fourth-order valence-electron chi connectivity index (χ4n) is 2.31. The number of aromatic nitrogens is 1. The number of hydrogen-bond acceptors (Lipinski definition) is 3. The van der Waals surface area contributed by atoms with Crippen LogP contribution in [0.4, 0.5) is 0 Å². The molecule has 1 heterocycles. The summed E-state index contributed by atoms with van der Waals surface area (Å²) in [6.07, 6.45) is 1.87. The van der Waals surface area contributed by atoms with Crippen LogP contribution in [0.15, 0.2) is 24.4 Å². The van der Waals surface area contributed by atoms with E-state index >= 15 is 0 Å². The lowest BCUT2D eigenvalue weighted by Gasteiger charge is -2.34. The maximum Gasteiger partial charge on any atom is 0.0544 e. The molecule has 0 aliphatic rings. The molecule has 0 spiro atoms. The Kier molecular flexibility index (Phi) is 7.03. The zero-order valence-corrected chi connectivity index (χ0v) is 13.1. The third-order valence-electron chi connectivity index (χ3n) is 3.47. The lowest BCUT2D eigenvalue weighted by molar-refractivity contribution is 0.147. The van der Waals surface area contributed by atoms with Crippen LogP contribution in [-0.2, 0) is 6.54 Å². The summed E-state index contributed by atoms with van der Waals surface area (Å²) in [4.78, 5) is 6.96. The van der Waals surface area contributed by atoms with Crippen LogP contribution in [0.25, 0.3) is 0 Å². The van der Waals surface area contributed by atoms with Crippen LogP contribution in [-0.4, -0.2) is 35.1 Å². The van der Waals surface area contributed by atoms with E-state index < -0.39 is 0 Å². The second-order valence-corrected chi connectivity index (χ2v) is 5.76. The first kappa shape index (κ1) is 16.1. The van der Waals surface area contributed by atoms with Crippen LogP contribution >= 0.6 is 0 Å². The summed E-state index contributed by atoms with van der Waals surface area (Å²) in [5.74, 6) is 0.634.